The van der Waals surface area contributed by atoms with Crippen LogP contribution < -0.4 is 14.8 Å². The zero-order valence-electron chi connectivity index (χ0n) is 13.4. The molecule has 1 amide bonds. The van der Waals surface area contributed by atoms with Gasteiger partial charge in [-0.3, -0.25) is 4.79 Å². The second-order valence-corrected chi connectivity index (χ2v) is 4.86. The minimum absolute atomic E-state index is 0.172. The standard InChI is InChI=1S/C18H21NO4/c1-21-16-9-8-15(12-17(16)22-2)18(20)19-10-11-23-13-14-6-4-3-5-7-14/h3-9,12H,10-11,13H2,1-2H3,(H,19,20). The van der Waals surface area contributed by atoms with E-state index in [1.807, 2.05) is 30.3 Å². The number of rotatable bonds is 8. The molecule has 2 rings (SSSR count). The highest BCUT2D eigenvalue weighted by molar-refractivity contribution is 5.94. The van der Waals surface area contributed by atoms with Gasteiger partial charge in [-0.05, 0) is 23.8 Å². The summed E-state index contributed by atoms with van der Waals surface area (Å²) in [5.41, 5.74) is 1.63. The van der Waals surface area contributed by atoms with Gasteiger partial charge in [0, 0.05) is 12.1 Å². The first-order valence-electron chi connectivity index (χ1n) is 7.36. The van der Waals surface area contributed by atoms with Crippen molar-refractivity contribution in [2.24, 2.45) is 0 Å². The Kier molecular flexibility index (Phi) is 6.44. The second kappa shape index (κ2) is 8.80. The van der Waals surface area contributed by atoms with E-state index in [1.165, 1.54) is 7.11 Å². The van der Waals surface area contributed by atoms with E-state index in [0.717, 1.165) is 5.56 Å². The van der Waals surface area contributed by atoms with Crippen LogP contribution in [0, 0.1) is 0 Å². The first-order chi connectivity index (χ1) is 11.2. The zero-order chi connectivity index (χ0) is 16.5. The van der Waals surface area contributed by atoms with E-state index in [-0.39, 0.29) is 5.91 Å². The molecule has 0 aliphatic heterocycles. The van der Waals surface area contributed by atoms with Gasteiger partial charge in [0.2, 0.25) is 0 Å². The molecule has 23 heavy (non-hydrogen) atoms. The van der Waals surface area contributed by atoms with Gasteiger partial charge in [-0.1, -0.05) is 30.3 Å². The molecule has 1 N–H and O–H groups in total. The predicted octanol–water partition coefficient (Wildman–Crippen LogP) is 2.65. The van der Waals surface area contributed by atoms with E-state index in [0.29, 0.717) is 36.8 Å². The molecule has 5 nitrogen and oxygen atoms in total. The summed E-state index contributed by atoms with van der Waals surface area (Å²) in [6.45, 7) is 1.43. The van der Waals surface area contributed by atoms with Crippen molar-refractivity contribution in [3.05, 3.63) is 59.7 Å². The molecule has 0 aliphatic carbocycles. The third kappa shape index (κ3) is 5.00. The van der Waals surface area contributed by atoms with E-state index < -0.39 is 0 Å². The van der Waals surface area contributed by atoms with Gasteiger partial charge < -0.3 is 19.5 Å². The maximum absolute atomic E-state index is 12.1. The van der Waals surface area contributed by atoms with Gasteiger partial charge in [-0.15, -0.1) is 0 Å². The molecule has 122 valence electrons. The lowest BCUT2D eigenvalue weighted by atomic mass is 10.2. The fourth-order valence-electron chi connectivity index (χ4n) is 2.08. The Morgan fingerprint density at radius 1 is 1.00 bits per heavy atom. The quantitative estimate of drug-likeness (QED) is 0.761. The van der Waals surface area contributed by atoms with Crippen LogP contribution in [0.5, 0.6) is 11.5 Å². The maximum Gasteiger partial charge on any atom is 0.251 e. The average Bonchev–Trinajstić information content (AvgIpc) is 2.61. The number of carbonyl (C=O) groups excluding carboxylic acids is 1. The minimum Gasteiger partial charge on any atom is -0.493 e. The Labute approximate surface area is 136 Å². The molecule has 0 spiro atoms. The van der Waals surface area contributed by atoms with Gasteiger partial charge in [-0.25, -0.2) is 0 Å². The zero-order valence-corrected chi connectivity index (χ0v) is 13.4. The Morgan fingerprint density at radius 2 is 1.74 bits per heavy atom. The smallest absolute Gasteiger partial charge is 0.251 e. The molecular formula is C18H21NO4. The van der Waals surface area contributed by atoms with Crippen molar-refractivity contribution < 1.29 is 19.0 Å². The lowest BCUT2D eigenvalue weighted by Gasteiger charge is -2.10. The highest BCUT2D eigenvalue weighted by atomic mass is 16.5. The van der Waals surface area contributed by atoms with Crippen LogP contribution in [0.25, 0.3) is 0 Å². The number of carbonyl (C=O) groups is 1. The van der Waals surface area contributed by atoms with Gasteiger partial charge in [0.1, 0.15) is 0 Å². The van der Waals surface area contributed by atoms with E-state index in [4.69, 9.17) is 14.2 Å². The first-order valence-corrected chi connectivity index (χ1v) is 7.36. The molecule has 0 radical (unpaired) electrons. The number of methoxy groups -OCH3 is 2. The topological polar surface area (TPSA) is 56.8 Å². The Bertz CT molecular complexity index is 628. The van der Waals surface area contributed by atoms with E-state index >= 15 is 0 Å². The van der Waals surface area contributed by atoms with Crippen molar-refractivity contribution in [1.82, 2.24) is 5.32 Å². The number of nitrogens with one attached hydrogen (secondary N) is 1. The highest BCUT2D eigenvalue weighted by Crippen LogP contribution is 2.27. The van der Waals surface area contributed by atoms with E-state index in [1.54, 1.807) is 25.3 Å². The number of benzene rings is 2. The fourth-order valence-corrected chi connectivity index (χ4v) is 2.08. The Hall–Kier alpha value is -2.53. The summed E-state index contributed by atoms with van der Waals surface area (Å²) in [7, 11) is 3.10. The number of hydrogen-bond acceptors (Lipinski definition) is 4. The first kappa shape index (κ1) is 16.8. The van der Waals surface area contributed by atoms with Gasteiger partial charge in [0.25, 0.3) is 5.91 Å². The maximum atomic E-state index is 12.1. The summed E-state index contributed by atoms with van der Waals surface area (Å²) >= 11 is 0. The summed E-state index contributed by atoms with van der Waals surface area (Å²) < 4.78 is 15.9. The van der Waals surface area contributed by atoms with Crippen LogP contribution in [-0.2, 0) is 11.3 Å². The van der Waals surface area contributed by atoms with Crippen molar-refractivity contribution in [3.63, 3.8) is 0 Å². The normalized spacial score (nSPS) is 10.2. The molecule has 2 aromatic rings. The van der Waals surface area contributed by atoms with E-state index in [2.05, 4.69) is 5.32 Å². The molecule has 0 atom stereocenters. The van der Waals surface area contributed by atoms with Gasteiger partial charge in [0.05, 0.1) is 27.4 Å². The molecule has 0 bridgehead atoms. The minimum atomic E-state index is -0.172. The molecule has 0 unspecified atom stereocenters. The number of amides is 1. The molecule has 0 aromatic heterocycles. The summed E-state index contributed by atoms with van der Waals surface area (Å²) in [4.78, 5) is 12.1. The van der Waals surface area contributed by atoms with Gasteiger partial charge in [-0.2, -0.15) is 0 Å². The Balaban J connectivity index is 1.76. The molecule has 0 saturated heterocycles. The lowest BCUT2D eigenvalue weighted by Crippen LogP contribution is -2.27. The van der Waals surface area contributed by atoms with Gasteiger partial charge in [0.15, 0.2) is 11.5 Å². The molecular weight excluding hydrogens is 294 g/mol. The lowest BCUT2D eigenvalue weighted by molar-refractivity contribution is 0.0900. The highest BCUT2D eigenvalue weighted by Gasteiger charge is 2.10. The summed E-state index contributed by atoms with van der Waals surface area (Å²) in [6, 6.07) is 15.0. The van der Waals surface area contributed by atoms with Crippen LogP contribution in [0.4, 0.5) is 0 Å². The fraction of sp³-hybridized carbons (Fsp3) is 0.278. The second-order valence-electron chi connectivity index (χ2n) is 4.86. The summed E-state index contributed by atoms with van der Waals surface area (Å²) in [6.07, 6.45) is 0. The molecule has 0 fully saturated rings. The largest absolute Gasteiger partial charge is 0.493 e. The van der Waals surface area contributed by atoms with Crippen LogP contribution >= 0.6 is 0 Å². The molecule has 0 heterocycles. The third-order valence-corrected chi connectivity index (χ3v) is 3.29. The van der Waals surface area contributed by atoms with E-state index in [9.17, 15) is 4.79 Å². The molecule has 0 saturated carbocycles. The van der Waals surface area contributed by atoms with Crippen LogP contribution in [0.2, 0.25) is 0 Å². The van der Waals surface area contributed by atoms with Crippen LogP contribution in [-0.4, -0.2) is 33.3 Å². The number of ether oxygens (including phenoxy) is 3. The van der Waals surface area contributed by atoms with Crippen molar-refractivity contribution in [1.29, 1.82) is 0 Å². The van der Waals surface area contributed by atoms with Crippen molar-refractivity contribution in [2.45, 2.75) is 6.61 Å². The van der Waals surface area contributed by atoms with Crippen molar-refractivity contribution in [2.75, 3.05) is 27.4 Å². The Morgan fingerprint density at radius 3 is 2.43 bits per heavy atom. The summed E-state index contributed by atoms with van der Waals surface area (Å²) in [5, 5.41) is 2.81. The van der Waals surface area contributed by atoms with Crippen LogP contribution in [0.15, 0.2) is 48.5 Å². The predicted molar refractivity (Wildman–Crippen MR) is 88.0 cm³/mol. The monoisotopic (exact) mass is 315 g/mol. The van der Waals surface area contributed by atoms with Crippen LogP contribution in [0.1, 0.15) is 15.9 Å². The number of hydrogen-bond donors (Lipinski definition) is 1. The van der Waals surface area contributed by atoms with Crippen molar-refractivity contribution in [3.8, 4) is 11.5 Å². The molecule has 2 aromatic carbocycles. The summed E-state index contributed by atoms with van der Waals surface area (Å²) in [5.74, 6) is 0.949. The average molecular weight is 315 g/mol. The van der Waals surface area contributed by atoms with Crippen molar-refractivity contribution >= 4 is 5.91 Å². The SMILES string of the molecule is COc1ccc(C(=O)NCCOCc2ccccc2)cc1OC. The van der Waals surface area contributed by atoms with Gasteiger partial charge >= 0.3 is 0 Å². The molecule has 5 heteroatoms. The molecule has 0 aliphatic rings. The van der Waals surface area contributed by atoms with Crippen LogP contribution in [0.3, 0.4) is 0 Å². The third-order valence-electron chi connectivity index (χ3n) is 3.29.